The lowest BCUT2D eigenvalue weighted by Crippen LogP contribution is -2.36. The maximum Gasteiger partial charge on any atom is 0.131 e. The molecule has 136 valence electrons. The molecule has 2 heterocycles. The van der Waals surface area contributed by atoms with Crippen LogP contribution in [0, 0.1) is 11.8 Å². The number of nitrogens with one attached hydrogen (secondary N) is 1. The predicted octanol–water partition coefficient (Wildman–Crippen LogP) is 2.52. The number of aliphatic hydroxyl groups is 1. The van der Waals surface area contributed by atoms with Gasteiger partial charge >= 0.3 is 0 Å². The van der Waals surface area contributed by atoms with Gasteiger partial charge in [0.05, 0.1) is 36.6 Å². The van der Waals surface area contributed by atoms with Crippen molar-refractivity contribution >= 4 is 17.3 Å². The largest absolute Gasteiger partial charge is 0.390 e. The van der Waals surface area contributed by atoms with E-state index >= 15 is 0 Å². The minimum Gasteiger partial charge on any atom is -0.390 e. The van der Waals surface area contributed by atoms with Crippen LogP contribution in [0.4, 0.5) is 5.69 Å². The molecule has 1 saturated heterocycles. The fraction of sp³-hybridized carbons (Fsp3) is 0.632. The lowest BCUT2D eigenvalue weighted by atomic mass is 9.83. The normalized spacial score (nSPS) is 27.4. The second kappa shape index (κ2) is 8.37. The highest BCUT2D eigenvalue weighted by atomic mass is 35.5. The third-order valence-electron chi connectivity index (χ3n) is 4.92. The molecule has 0 radical (unpaired) electrons. The number of anilines is 1. The van der Waals surface area contributed by atoms with Crippen LogP contribution < -0.4 is 5.32 Å². The quantitative estimate of drug-likeness (QED) is 0.638. The minimum atomic E-state index is -0.533. The molecule has 0 spiro atoms. The van der Waals surface area contributed by atoms with Crippen molar-refractivity contribution in [3.8, 4) is 11.8 Å². The fourth-order valence-electron chi connectivity index (χ4n) is 3.26. The van der Waals surface area contributed by atoms with E-state index in [1.54, 1.807) is 6.20 Å². The zero-order chi connectivity index (χ0) is 17.7. The van der Waals surface area contributed by atoms with Crippen molar-refractivity contribution in [1.82, 2.24) is 9.88 Å². The summed E-state index contributed by atoms with van der Waals surface area (Å²) in [5.41, 5.74) is 1.27. The van der Waals surface area contributed by atoms with Gasteiger partial charge in [0.2, 0.25) is 0 Å². The van der Waals surface area contributed by atoms with Gasteiger partial charge in [-0.2, -0.15) is 0 Å². The summed E-state index contributed by atoms with van der Waals surface area (Å²) in [5.74, 6) is 6.47. The number of aromatic nitrogens is 1. The summed E-state index contributed by atoms with van der Waals surface area (Å²) in [6.07, 6.45) is 5.22. The Labute approximate surface area is 154 Å². The predicted molar refractivity (Wildman–Crippen MR) is 99.9 cm³/mol. The molecule has 6 heteroatoms. The highest BCUT2D eigenvalue weighted by Crippen LogP contribution is 2.30. The molecule has 1 aliphatic heterocycles. The van der Waals surface area contributed by atoms with E-state index in [0.29, 0.717) is 11.2 Å². The number of rotatable bonds is 3. The first-order chi connectivity index (χ1) is 12.0. The van der Waals surface area contributed by atoms with E-state index < -0.39 is 5.60 Å². The zero-order valence-corrected chi connectivity index (χ0v) is 15.5. The average Bonchev–Trinajstić information content (AvgIpc) is 2.60. The number of ether oxygens (including phenoxy) is 1. The van der Waals surface area contributed by atoms with Gasteiger partial charge in [-0.1, -0.05) is 23.4 Å². The lowest BCUT2D eigenvalue weighted by molar-refractivity contribution is 0.0196. The van der Waals surface area contributed by atoms with E-state index in [4.69, 9.17) is 16.3 Å². The van der Waals surface area contributed by atoms with Gasteiger partial charge in [0.15, 0.2) is 0 Å². The van der Waals surface area contributed by atoms with Crippen molar-refractivity contribution < 1.29 is 9.84 Å². The lowest BCUT2D eigenvalue weighted by Gasteiger charge is -2.34. The van der Waals surface area contributed by atoms with Gasteiger partial charge in [0.1, 0.15) is 5.15 Å². The average molecular weight is 364 g/mol. The molecule has 2 aliphatic rings. The van der Waals surface area contributed by atoms with Gasteiger partial charge in [-0.3, -0.25) is 4.90 Å². The van der Waals surface area contributed by atoms with Crippen LogP contribution in [0.1, 0.15) is 38.2 Å². The van der Waals surface area contributed by atoms with E-state index in [1.807, 2.05) is 13.0 Å². The van der Waals surface area contributed by atoms with Crippen LogP contribution in [0.25, 0.3) is 0 Å². The van der Waals surface area contributed by atoms with Gasteiger partial charge in [-0.05, 0) is 38.7 Å². The van der Waals surface area contributed by atoms with E-state index in [1.165, 1.54) is 0 Å². The van der Waals surface area contributed by atoms with Crippen LogP contribution in [0.3, 0.4) is 0 Å². The second-order valence-corrected chi connectivity index (χ2v) is 7.55. The molecule has 1 aliphatic carbocycles. The first kappa shape index (κ1) is 18.5. The minimum absolute atomic E-state index is 0.332. The first-order valence-electron chi connectivity index (χ1n) is 8.95. The Balaban J connectivity index is 1.64. The molecule has 0 atom stereocenters. The molecule has 0 aromatic carbocycles. The summed E-state index contributed by atoms with van der Waals surface area (Å²) in [4.78, 5) is 6.46. The summed E-state index contributed by atoms with van der Waals surface area (Å²) >= 11 is 6.07. The van der Waals surface area contributed by atoms with Crippen LogP contribution in [-0.2, 0) is 4.74 Å². The Kier molecular flexibility index (Phi) is 6.19. The van der Waals surface area contributed by atoms with Crippen LogP contribution in [0.5, 0.6) is 0 Å². The molecular formula is C19H26ClN3O2. The standard InChI is InChI=1S/C19H26ClN3O2/c1-19(24)6-4-16(5-7-19)22-17-13-18(20)21-14-15(17)3-2-8-23-9-11-25-12-10-23/h13-14,16,24H,4-12H2,1H3,(H,21,22). The Bertz CT molecular complexity index is 638. The first-order valence-corrected chi connectivity index (χ1v) is 9.33. The Morgan fingerprint density at radius 3 is 2.84 bits per heavy atom. The topological polar surface area (TPSA) is 57.6 Å². The van der Waals surface area contributed by atoms with Gasteiger partial charge < -0.3 is 15.2 Å². The molecule has 2 N–H and O–H groups in total. The molecule has 5 nitrogen and oxygen atoms in total. The molecule has 0 unspecified atom stereocenters. The molecule has 1 saturated carbocycles. The van der Waals surface area contributed by atoms with Crippen LogP contribution >= 0.6 is 11.6 Å². The molecule has 1 aromatic heterocycles. The van der Waals surface area contributed by atoms with E-state index in [-0.39, 0.29) is 0 Å². The number of hydrogen-bond acceptors (Lipinski definition) is 5. The van der Waals surface area contributed by atoms with Crippen LogP contribution in [0.15, 0.2) is 12.3 Å². The highest BCUT2D eigenvalue weighted by molar-refractivity contribution is 6.29. The summed E-state index contributed by atoms with van der Waals surface area (Å²) in [6, 6.07) is 2.17. The highest BCUT2D eigenvalue weighted by Gasteiger charge is 2.28. The zero-order valence-electron chi connectivity index (χ0n) is 14.7. The van der Waals surface area contributed by atoms with Crippen LogP contribution in [0.2, 0.25) is 5.15 Å². The van der Waals surface area contributed by atoms with Gasteiger partial charge in [-0.15, -0.1) is 0 Å². The smallest absolute Gasteiger partial charge is 0.131 e. The Morgan fingerprint density at radius 2 is 2.12 bits per heavy atom. The van der Waals surface area contributed by atoms with Crippen molar-refractivity contribution in [2.24, 2.45) is 0 Å². The summed E-state index contributed by atoms with van der Waals surface area (Å²) < 4.78 is 5.35. The Morgan fingerprint density at radius 1 is 1.40 bits per heavy atom. The number of hydrogen-bond donors (Lipinski definition) is 2. The molecule has 0 bridgehead atoms. The van der Waals surface area contributed by atoms with Crippen molar-refractivity contribution in [3.05, 3.63) is 23.0 Å². The number of pyridine rings is 1. The Hall–Kier alpha value is -1.32. The van der Waals surface area contributed by atoms with Crippen molar-refractivity contribution in [1.29, 1.82) is 0 Å². The maximum atomic E-state index is 10.1. The third kappa shape index (κ3) is 5.58. The van der Waals surface area contributed by atoms with Crippen molar-refractivity contribution in [3.63, 3.8) is 0 Å². The van der Waals surface area contributed by atoms with E-state index in [0.717, 1.165) is 69.8 Å². The third-order valence-corrected chi connectivity index (χ3v) is 5.13. The fourth-order valence-corrected chi connectivity index (χ4v) is 3.42. The molecule has 1 aromatic rings. The van der Waals surface area contributed by atoms with Gasteiger partial charge in [-0.25, -0.2) is 4.98 Å². The second-order valence-electron chi connectivity index (χ2n) is 7.16. The van der Waals surface area contributed by atoms with E-state index in [2.05, 4.69) is 27.0 Å². The summed E-state index contributed by atoms with van der Waals surface area (Å²) in [5, 5.41) is 14.1. The maximum absolute atomic E-state index is 10.1. The van der Waals surface area contributed by atoms with Crippen LogP contribution in [-0.4, -0.2) is 59.5 Å². The molecular weight excluding hydrogens is 338 g/mol. The SMILES string of the molecule is CC1(O)CCC(Nc2cc(Cl)ncc2C#CCN2CCOCC2)CC1. The summed E-state index contributed by atoms with van der Waals surface area (Å²) in [7, 11) is 0. The molecule has 25 heavy (non-hydrogen) atoms. The number of nitrogens with zero attached hydrogens (tertiary/aromatic N) is 2. The monoisotopic (exact) mass is 363 g/mol. The summed E-state index contributed by atoms with van der Waals surface area (Å²) in [6.45, 7) is 6.07. The van der Waals surface area contributed by atoms with Crippen molar-refractivity contribution in [2.75, 3.05) is 38.2 Å². The molecule has 0 amide bonds. The number of morpholine rings is 1. The molecule has 3 rings (SSSR count). The number of halogens is 1. The van der Waals surface area contributed by atoms with Crippen molar-refractivity contribution in [2.45, 2.75) is 44.2 Å². The molecule has 2 fully saturated rings. The van der Waals surface area contributed by atoms with Gasteiger partial charge in [0, 0.05) is 25.3 Å². The van der Waals surface area contributed by atoms with Gasteiger partial charge in [0.25, 0.3) is 0 Å². The van der Waals surface area contributed by atoms with E-state index in [9.17, 15) is 5.11 Å².